The molecule has 21 heavy (non-hydrogen) atoms. The van der Waals surface area contributed by atoms with Gasteiger partial charge >= 0.3 is 0 Å². The SMILES string of the molecule is Cc1ccc2cc(C(=O)Nc3ccc(Cl)c(Cl)c3)oc2c1. The van der Waals surface area contributed by atoms with Crippen LogP contribution in [0.15, 0.2) is 46.9 Å². The number of hydrogen-bond donors (Lipinski definition) is 1. The Bertz CT molecular complexity index is 839. The van der Waals surface area contributed by atoms with Gasteiger partial charge in [-0.25, -0.2) is 0 Å². The molecule has 3 nitrogen and oxygen atoms in total. The zero-order chi connectivity index (χ0) is 15.0. The number of amides is 1. The molecule has 1 aromatic heterocycles. The molecule has 0 radical (unpaired) electrons. The first-order chi connectivity index (χ1) is 10.0. The van der Waals surface area contributed by atoms with Crippen molar-refractivity contribution in [3.05, 3.63) is 63.8 Å². The lowest BCUT2D eigenvalue weighted by molar-refractivity contribution is 0.0998. The average molecular weight is 320 g/mol. The number of furan rings is 1. The lowest BCUT2D eigenvalue weighted by Gasteiger charge is -2.04. The molecule has 0 aliphatic carbocycles. The van der Waals surface area contributed by atoms with Crippen LogP contribution in [0.4, 0.5) is 5.69 Å². The molecule has 0 aliphatic heterocycles. The van der Waals surface area contributed by atoms with Crippen LogP contribution in [0, 0.1) is 6.92 Å². The number of carbonyl (C=O) groups excluding carboxylic acids is 1. The molecule has 0 bridgehead atoms. The van der Waals surface area contributed by atoms with Crippen LogP contribution < -0.4 is 5.32 Å². The van der Waals surface area contributed by atoms with E-state index in [1.165, 1.54) is 0 Å². The summed E-state index contributed by atoms with van der Waals surface area (Å²) in [7, 11) is 0. The summed E-state index contributed by atoms with van der Waals surface area (Å²) in [4.78, 5) is 12.2. The Kier molecular flexibility index (Phi) is 3.62. The first kappa shape index (κ1) is 14.0. The predicted molar refractivity (Wildman–Crippen MR) is 85.4 cm³/mol. The lowest BCUT2D eigenvalue weighted by Crippen LogP contribution is -2.10. The molecule has 2 aromatic carbocycles. The van der Waals surface area contributed by atoms with E-state index in [0.717, 1.165) is 10.9 Å². The van der Waals surface area contributed by atoms with E-state index in [1.54, 1.807) is 24.3 Å². The molecular weight excluding hydrogens is 309 g/mol. The minimum atomic E-state index is -0.331. The van der Waals surface area contributed by atoms with E-state index in [1.807, 2.05) is 25.1 Å². The van der Waals surface area contributed by atoms with Gasteiger partial charge in [0.15, 0.2) is 5.76 Å². The Hall–Kier alpha value is -1.97. The number of benzene rings is 2. The Morgan fingerprint density at radius 2 is 1.86 bits per heavy atom. The summed E-state index contributed by atoms with van der Waals surface area (Å²) in [6.45, 7) is 1.97. The summed E-state index contributed by atoms with van der Waals surface area (Å²) in [5.41, 5.74) is 2.33. The van der Waals surface area contributed by atoms with Crippen LogP contribution in [0.25, 0.3) is 11.0 Å². The molecule has 5 heteroatoms. The molecule has 0 unspecified atom stereocenters. The van der Waals surface area contributed by atoms with E-state index in [-0.39, 0.29) is 11.7 Å². The van der Waals surface area contributed by atoms with Gasteiger partial charge in [-0.05, 0) is 42.8 Å². The number of anilines is 1. The van der Waals surface area contributed by atoms with Crippen LogP contribution in [0.2, 0.25) is 10.0 Å². The minimum Gasteiger partial charge on any atom is -0.451 e. The predicted octanol–water partition coefficient (Wildman–Crippen LogP) is 5.30. The number of fused-ring (bicyclic) bond motifs is 1. The maximum atomic E-state index is 12.2. The topological polar surface area (TPSA) is 42.2 Å². The maximum absolute atomic E-state index is 12.2. The third-order valence-corrected chi connectivity index (χ3v) is 3.82. The monoisotopic (exact) mass is 319 g/mol. The summed E-state index contributed by atoms with van der Waals surface area (Å²) < 4.78 is 5.57. The van der Waals surface area contributed by atoms with Crippen LogP contribution in [0.1, 0.15) is 16.1 Å². The van der Waals surface area contributed by atoms with Gasteiger partial charge in [0.2, 0.25) is 0 Å². The van der Waals surface area contributed by atoms with Gasteiger partial charge in [-0.1, -0.05) is 35.3 Å². The second-order valence-corrected chi connectivity index (χ2v) is 5.55. The van der Waals surface area contributed by atoms with Gasteiger partial charge in [0.1, 0.15) is 5.58 Å². The van der Waals surface area contributed by atoms with Gasteiger partial charge in [0.05, 0.1) is 10.0 Å². The second kappa shape index (κ2) is 5.43. The fourth-order valence-corrected chi connectivity index (χ4v) is 2.31. The highest BCUT2D eigenvalue weighted by molar-refractivity contribution is 6.42. The molecule has 1 N–H and O–H groups in total. The van der Waals surface area contributed by atoms with Crippen LogP contribution >= 0.6 is 23.2 Å². The first-order valence-corrected chi connectivity index (χ1v) is 7.05. The Morgan fingerprint density at radius 3 is 2.62 bits per heavy atom. The molecule has 0 atom stereocenters. The van der Waals surface area contributed by atoms with Crippen molar-refractivity contribution in [1.82, 2.24) is 0 Å². The van der Waals surface area contributed by atoms with Crippen molar-refractivity contribution >= 4 is 45.8 Å². The zero-order valence-electron chi connectivity index (χ0n) is 11.1. The molecule has 1 heterocycles. The van der Waals surface area contributed by atoms with E-state index >= 15 is 0 Å². The maximum Gasteiger partial charge on any atom is 0.291 e. The van der Waals surface area contributed by atoms with Crippen LogP contribution in [0.3, 0.4) is 0 Å². The Labute approximate surface area is 131 Å². The van der Waals surface area contributed by atoms with Crippen molar-refractivity contribution in [3.8, 4) is 0 Å². The molecule has 106 valence electrons. The number of halogens is 2. The van der Waals surface area contributed by atoms with Crippen molar-refractivity contribution in [1.29, 1.82) is 0 Å². The highest BCUT2D eigenvalue weighted by atomic mass is 35.5. The normalized spacial score (nSPS) is 10.8. The van der Waals surface area contributed by atoms with Crippen molar-refractivity contribution in [2.45, 2.75) is 6.92 Å². The van der Waals surface area contributed by atoms with Crippen molar-refractivity contribution < 1.29 is 9.21 Å². The van der Waals surface area contributed by atoms with Crippen molar-refractivity contribution in [3.63, 3.8) is 0 Å². The molecule has 0 aliphatic rings. The largest absolute Gasteiger partial charge is 0.451 e. The smallest absolute Gasteiger partial charge is 0.291 e. The van der Waals surface area contributed by atoms with Crippen molar-refractivity contribution in [2.24, 2.45) is 0 Å². The summed E-state index contributed by atoms with van der Waals surface area (Å²) in [5.74, 6) is -0.0797. The van der Waals surface area contributed by atoms with Crippen LogP contribution in [0.5, 0.6) is 0 Å². The minimum absolute atomic E-state index is 0.252. The molecular formula is C16H11Cl2NO2. The van der Waals surface area contributed by atoms with Crippen molar-refractivity contribution in [2.75, 3.05) is 5.32 Å². The second-order valence-electron chi connectivity index (χ2n) is 4.73. The van der Waals surface area contributed by atoms with Gasteiger partial charge in [-0.15, -0.1) is 0 Å². The highest BCUT2D eigenvalue weighted by Gasteiger charge is 2.13. The number of aryl methyl sites for hydroxylation is 1. The summed E-state index contributed by atoms with van der Waals surface area (Å²) in [6, 6.07) is 12.4. The molecule has 0 saturated heterocycles. The summed E-state index contributed by atoms with van der Waals surface area (Å²) in [6.07, 6.45) is 0. The third-order valence-electron chi connectivity index (χ3n) is 3.08. The summed E-state index contributed by atoms with van der Waals surface area (Å²) in [5, 5.41) is 4.44. The number of nitrogens with one attached hydrogen (secondary N) is 1. The van der Waals surface area contributed by atoms with Crippen LogP contribution in [-0.4, -0.2) is 5.91 Å². The fraction of sp³-hybridized carbons (Fsp3) is 0.0625. The Morgan fingerprint density at radius 1 is 1.05 bits per heavy atom. The van der Waals surface area contributed by atoms with Crippen LogP contribution in [-0.2, 0) is 0 Å². The Balaban J connectivity index is 1.87. The quantitative estimate of drug-likeness (QED) is 0.696. The summed E-state index contributed by atoms with van der Waals surface area (Å²) >= 11 is 11.8. The third kappa shape index (κ3) is 2.89. The van der Waals surface area contributed by atoms with Gasteiger partial charge in [0.25, 0.3) is 5.91 Å². The van der Waals surface area contributed by atoms with E-state index < -0.39 is 0 Å². The van der Waals surface area contributed by atoms with E-state index in [0.29, 0.717) is 21.3 Å². The molecule has 3 aromatic rings. The highest BCUT2D eigenvalue weighted by Crippen LogP contribution is 2.26. The molecule has 0 fully saturated rings. The molecule has 1 amide bonds. The van der Waals surface area contributed by atoms with E-state index in [4.69, 9.17) is 27.6 Å². The fourth-order valence-electron chi connectivity index (χ4n) is 2.02. The molecule has 3 rings (SSSR count). The van der Waals surface area contributed by atoms with Gasteiger partial charge in [-0.3, -0.25) is 4.79 Å². The number of carbonyl (C=O) groups is 1. The number of rotatable bonds is 2. The van der Waals surface area contributed by atoms with Gasteiger partial charge < -0.3 is 9.73 Å². The van der Waals surface area contributed by atoms with E-state index in [9.17, 15) is 4.79 Å². The lowest BCUT2D eigenvalue weighted by atomic mass is 10.2. The zero-order valence-corrected chi connectivity index (χ0v) is 12.6. The van der Waals surface area contributed by atoms with Gasteiger partial charge in [-0.2, -0.15) is 0 Å². The van der Waals surface area contributed by atoms with E-state index in [2.05, 4.69) is 5.32 Å². The average Bonchev–Trinajstić information content (AvgIpc) is 2.86. The van der Waals surface area contributed by atoms with Gasteiger partial charge in [0, 0.05) is 11.1 Å². The first-order valence-electron chi connectivity index (χ1n) is 6.29. The number of hydrogen-bond acceptors (Lipinski definition) is 2. The molecule has 0 spiro atoms. The molecule has 0 saturated carbocycles. The standard InChI is InChI=1S/C16H11Cl2NO2/c1-9-2-3-10-7-15(21-14(10)6-9)16(20)19-11-4-5-12(17)13(18)8-11/h2-8H,1H3,(H,19,20).